The van der Waals surface area contributed by atoms with Crippen LogP contribution in [0.4, 0.5) is 0 Å². The van der Waals surface area contributed by atoms with E-state index in [-0.39, 0.29) is 24.5 Å². The van der Waals surface area contributed by atoms with Gasteiger partial charge in [0.15, 0.2) is 0 Å². The Hall–Kier alpha value is -3.72. The van der Waals surface area contributed by atoms with Crippen molar-refractivity contribution < 1.29 is 14.1 Å². The third-order valence-electron chi connectivity index (χ3n) is 6.07. The normalized spacial score (nSPS) is 19.8. The Labute approximate surface area is 192 Å². The topological polar surface area (TPSA) is 96.1 Å². The minimum Gasteiger partial charge on any atom is -0.494 e. The van der Waals surface area contributed by atoms with Crippen molar-refractivity contribution in [1.29, 1.82) is 0 Å². The average molecular weight is 447 g/mol. The maximum atomic E-state index is 13.1. The van der Waals surface area contributed by atoms with Crippen LogP contribution in [0.5, 0.6) is 5.75 Å². The van der Waals surface area contributed by atoms with Crippen molar-refractivity contribution in [2.24, 2.45) is 5.10 Å². The molecule has 2 unspecified atom stereocenters. The van der Waals surface area contributed by atoms with Gasteiger partial charge in [-0.2, -0.15) is 10.1 Å². The molecule has 5 rings (SSSR count). The number of nitrogens with one attached hydrogen (secondary N) is 1. The van der Waals surface area contributed by atoms with Gasteiger partial charge in [0.2, 0.25) is 11.7 Å². The van der Waals surface area contributed by atoms with Gasteiger partial charge in [-0.05, 0) is 62.1 Å². The van der Waals surface area contributed by atoms with Crippen LogP contribution in [0.2, 0.25) is 0 Å². The quantitative estimate of drug-likeness (QED) is 0.620. The predicted molar refractivity (Wildman–Crippen MR) is 122 cm³/mol. The number of amides is 1. The molecule has 3 heterocycles. The minimum atomic E-state index is -0.346. The van der Waals surface area contributed by atoms with Crippen LogP contribution in [0.3, 0.4) is 0 Å². The highest BCUT2D eigenvalue weighted by Crippen LogP contribution is 2.31. The van der Waals surface area contributed by atoms with Crippen LogP contribution in [0.25, 0.3) is 11.4 Å². The maximum absolute atomic E-state index is 13.1. The summed E-state index contributed by atoms with van der Waals surface area (Å²) < 4.78 is 10.9. The standard InChI is InChI=1S/C24H26N6O3/c1-4-32-19-9-7-17(8-10-19)20-12-21-24(31)29(25-14-30(21)27-20)13-22-26-23(28-33-22)18-6-5-15(2)16(3)11-18/h5-11,14,20-21,27H,4,12-13H2,1-3H3. The number of hydrogen-bond donors (Lipinski definition) is 1. The third kappa shape index (κ3) is 4.19. The number of carbonyl (C=O) groups is 1. The fourth-order valence-corrected chi connectivity index (χ4v) is 4.08. The number of ether oxygens (including phenoxy) is 1. The molecule has 3 aromatic rings. The molecule has 1 saturated heterocycles. The van der Waals surface area contributed by atoms with Gasteiger partial charge in [-0.1, -0.05) is 29.4 Å². The number of fused-ring (bicyclic) bond motifs is 1. The molecule has 33 heavy (non-hydrogen) atoms. The molecule has 170 valence electrons. The molecule has 0 aliphatic carbocycles. The first-order valence-electron chi connectivity index (χ1n) is 11.0. The Morgan fingerprint density at radius 2 is 1.97 bits per heavy atom. The van der Waals surface area contributed by atoms with Crippen LogP contribution < -0.4 is 10.2 Å². The van der Waals surface area contributed by atoms with Crippen LogP contribution in [0, 0.1) is 13.8 Å². The molecular formula is C24H26N6O3. The number of rotatable bonds is 6. The second-order valence-electron chi connectivity index (χ2n) is 8.28. The van der Waals surface area contributed by atoms with Crippen LogP contribution >= 0.6 is 0 Å². The fraction of sp³-hybridized carbons (Fsp3) is 0.333. The van der Waals surface area contributed by atoms with Gasteiger partial charge in [0, 0.05) is 5.56 Å². The van der Waals surface area contributed by atoms with Gasteiger partial charge in [0.1, 0.15) is 24.7 Å². The number of nitrogens with zero attached hydrogens (tertiary/aromatic N) is 5. The van der Waals surface area contributed by atoms with Gasteiger partial charge in [-0.3, -0.25) is 9.80 Å². The molecule has 9 nitrogen and oxygen atoms in total. The largest absolute Gasteiger partial charge is 0.494 e. The molecular weight excluding hydrogens is 420 g/mol. The van der Waals surface area contributed by atoms with Crippen molar-refractivity contribution in [3.05, 3.63) is 65.0 Å². The second-order valence-corrected chi connectivity index (χ2v) is 8.28. The van der Waals surface area contributed by atoms with Gasteiger partial charge >= 0.3 is 0 Å². The molecule has 0 spiro atoms. The average Bonchev–Trinajstić information content (AvgIpc) is 3.46. The lowest BCUT2D eigenvalue weighted by Crippen LogP contribution is -2.50. The molecule has 2 aliphatic heterocycles. The first-order valence-corrected chi connectivity index (χ1v) is 11.0. The van der Waals surface area contributed by atoms with Crippen molar-refractivity contribution in [3.63, 3.8) is 0 Å². The number of carbonyl (C=O) groups excluding carboxylic acids is 1. The van der Waals surface area contributed by atoms with Gasteiger partial charge < -0.3 is 9.26 Å². The molecule has 0 bridgehead atoms. The first kappa shape index (κ1) is 21.1. The van der Waals surface area contributed by atoms with Gasteiger partial charge in [0.25, 0.3) is 5.91 Å². The summed E-state index contributed by atoms with van der Waals surface area (Å²) >= 11 is 0. The smallest absolute Gasteiger partial charge is 0.267 e. The lowest BCUT2D eigenvalue weighted by atomic mass is 10.0. The Kier molecular flexibility index (Phi) is 5.55. The highest BCUT2D eigenvalue weighted by Gasteiger charge is 2.41. The number of benzene rings is 2. The number of aryl methyl sites for hydroxylation is 2. The molecule has 2 atom stereocenters. The SMILES string of the molecule is CCOc1ccc(C2CC3C(=O)N(Cc4nc(-c5ccc(C)c(C)c5)no4)N=CN3N2)cc1. The van der Waals surface area contributed by atoms with E-state index in [1.165, 1.54) is 10.6 Å². The fourth-order valence-electron chi connectivity index (χ4n) is 4.08. The Morgan fingerprint density at radius 1 is 1.15 bits per heavy atom. The Morgan fingerprint density at radius 3 is 2.73 bits per heavy atom. The van der Waals surface area contributed by atoms with Crippen molar-refractivity contribution in [1.82, 2.24) is 25.6 Å². The molecule has 0 radical (unpaired) electrons. The monoisotopic (exact) mass is 446 g/mol. The van der Waals surface area contributed by atoms with E-state index in [0.29, 0.717) is 24.7 Å². The molecule has 1 amide bonds. The molecule has 0 saturated carbocycles. The van der Waals surface area contributed by atoms with E-state index in [9.17, 15) is 4.79 Å². The zero-order valence-electron chi connectivity index (χ0n) is 18.9. The second kappa shape index (κ2) is 8.67. The number of hydrazine groups is 1. The van der Waals surface area contributed by atoms with E-state index in [4.69, 9.17) is 9.26 Å². The summed E-state index contributed by atoms with van der Waals surface area (Å²) in [6.45, 7) is 6.82. The lowest BCUT2D eigenvalue weighted by molar-refractivity contribution is -0.137. The highest BCUT2D eigenvalue weighted by atomic mass is 16.5. The van der Waals surface area contributed by atoms with Crippen LogP contribution in [-0.2, 0) is 11.3 Å². The molecule has 1 N–H and O–H groups in total. The maximum Gasteiger partial charge on any atom is 0.267 e. The van der Waals surface area contributed by atoms with Crippen LogP contribution in [-0.4, -0.2) is 45.1 Å². The first-order chi connectivity index (χ1) is 16.0. The van der Waals surface area contributed by atoms with E-state index in [2.05, 4.69) is 27.6 Å². The van der Waals surface area contributed by atoms with E-state index in [1.807, 2.05) is 56.3 Å². The minimum absolute atomic E-state index is 0.0146. The number of hydrogen-bond acceptors (Lipinski definition) is 8. The van der Waals surface area contributed by atoms with E-state index in [1.54, 1.807) is 11.3 Å². The van der Waals surface area contributed by atoms with Gasteiger partial charge in [0.05, 0.1) is 12.6 Å². The highest BCUT2D eigenvalue weighted by molar-refractivity contribution is 5.87. The summed E-state index contributed by atoms with van der Waals surface area (Å²) in [5.41, 5.74) is 7.69. The Bertz CT molecular complexity index is 1190. The summed E-state index contributed by atoms with van der Waals surface area (Å²) in [5.74, 6) is 1.57. The van der Waals surface area contributed by atoms with E-state index < -0.39 is 0 Å². The molecule has 9 heteroatoms. The molecule has 1 fully saturated rings. The zero-order valence-corrected chi connectivity index (χ0v) is 18.9. The summed E-state index contributed by atoms with van der Waals surface area (Å²) in [5, 5.41) is 11.5. The van der Waals surface area contributed by atoms with Crippen molar-refractivity contribution in [2.45, 2.75) is 45.8 Å². The van der Waals surface area contributed by atoms with Gasteiger partial charge in [-0.15, -0.1) is 0 Å². The third-order valence-corrected chi connectivity index (χ3v) is 6.07. The summed E-state index contributed by atoms with van der Waals surface area (Å²) in [4.78, 5) is 17.6. The van der Waals surface area contributed by atoms with Crippen molar-refractivity contribution in [3.8, 4) is 17.1 Å². The van der Waals surface area contributed by atoms with Crippen molar-refractivity contribution in [2.75, 3.05) is 6.61 Å². The molecule has 2 aliphatic rings. The van der Waals surface area contributed by atoms with E-state index >= 15 is 0 Å². The molecule has 1 aromatic heterocycles. The zero-order chi connectivity index (χ0) is 22.9. The summed E-state index contributed by atoms with van der Waals surface area (Å²) in [6, 6.07) is 13.6. The summed E-state index contributed by atoms with van der Waals surface area (Å²) in [6.07, 6.45) is 2.27. The predicted octanol–water partition coefficient (Wildman–Crippen LogP) is 3.36. The lowest BCUT2D eigenvalue weighted by Gasteiger charge is -2.29. The van der Waals surface area contributed by atoms with E-state index in [0.717, 1.165) is 22.4 Å². The van der Waals surface area contributed by atoms with Gasteiger partial charge in [-0.25, -0.2) is 10.4 Å². The van der Waals surface area contributed by atoms with Crippen molar-refractivity contribution >= 4 is 12.2 Å². The number of aromatic nitrogens is 2. The summed E-state index contributed by atoms with van der Waals surface area (Å²) in [7, 11) is 0. The number of hydrazone groups is 1. The van der Waals surface area contributed by atoms with Crippen LogP contribution in [0.1, 0.15) is 42.0 Å². The molecule has 2 aromatic carbocycles. The Balaban J connectivity index is 1.25. The van der Waals surface area contributed by atoms with Crippen LogP contribution in [0.15, 0.2) is 52.1 Å².